The molecular weight excluding hydrogens is 255 g/mol. The molecule has 0 bridgehead atoms. The van der Waals surface area contributed by atoms with Gasteiger partial charge in [0.1, 0.15) is 0 Å². The fourth-order valence-corrected chi connectivity index (χ4v) is 1.07. The third-order valence-corrected chi connectivity index (χ3v) is 1.89. The van der Waals surface area contributed by atoms with Gasteiger partial charge in [0, 0.05) is 0 Å². The van der Waals surface area contributed by atoms with E-state index < -0.39 is 0 Å². The summed E-state index contributed by atoms with van der Waals surface area (Å²) in [5.41, 5.74) is 5.36. The number of halogens is 2. The first-order valence-corrected chi connectivity index (χ1v) is 5.28. The Bertz CT molecular complexity index is 139. The molecule has 0 aliphatic heterocycles. The van der Waals surface area contributed by atoms with Crippen molar-refractivity contribution in [2.75, 3.05) is 26.2 Å². The monoisotopic (exact) mass is 276 g/mol. The minimum Gasteiger partial charge on any atom is -0.486 e. The van der Waals surface area contributed by atoms with Crippen molar-refractivity contribution in [2.24, 2.45) is 5.73 Å². The van der Waals surface area contributed by atoms with Crippen molar-refractivity contribution in [3.63, 3.8) is 0 Å². The molecule has 94 valence electrons. The zero-order valence-electron chi connectivity index (χ0n) is 9.16. The van der Waals surface area contributed by atoms with Crippen molar-refractivity contribution >= 4 is 42.1 Å². The van der Waals surface area contributed by atoms with Crippen LogP contribution < -0.4 is 11.1 Å². The van der Waals surface area contributed by atoms with Crippen LogP contribution in [-0.2, 0) is 4.74 Å². The van der Waals surface area contributed by atoms with E-state index in [-0.39, 0.29) is 24.8 Å². The predicted molar refractivity (Wildman–Crippen MR) is 74.5 cm³/mol. The standard InChI is InChI=1S/C9H20N2OS.2ClH/c1-2-11-8-9(13)12-7-5-3-4-6-10;;/h11H,2-8,10H2,1H3;2*1H. The van der Waals surface area contributed by atoms with E-state index in [2.05, 4.69) is 5.32 Å². The Morgan fingerprint density at radius 2 is 1.93 bits per heavy atom. The maximum absolute atomic E-state index is 5.36. The van der Waals surface area contributed by atoms with Crippen LogP contribution in [0.25, 0.3) is 0 Å². The number of nitrogens with one attached hydrogen (secondary N) is 1. The molecule has 0 aromatic rings. The van der Waals surface area contributed by atoms with E-state index >= 15 is 0 Å². The summed E-state index contributed by atoms with van der Waals surface area (Å²) in [6.45, 7) is 5.15. The van der Waals surface area contributed by atoms with Gasteiger partial charge in [0.15, 0.2) is 5.05 Å². The summed E-state index contributed by atoms with van der Waals surface area (Å²) in [7, 11) is 0. The fourth-order valence-electron chi connectivity index (χ4n) is 0.887. The molecule has 15 heavy (non-hydrogen) atoms. The third-order valence-electron chi connectivity index (χ3n) is 1.63. The van der Waals surface area contributed by atoms with Crippen molar-refractivity contribution in [3.05, 3.63) is 0 Å². The second-order valence-corrected chi connectivity index (χ2v) is 3.31. The van der Waals surface area contributed by atoms with Crippen molar-refractivity contribution in [1.29, 1.82) is 0 Å². The van der Waals surface area contributed by atoms with Gasteiger partial charge in [-0.25, -0.2) is 0 Å². The van der Waals surface area contributed by atoms with Gasteiger partial charge >= 0.3 is 0 Å². The molecule has 6 heteroatoms. The van der Waals surface area contributed by atoms with Gasteiger partial charge in [-0.05, 0) is 44.6 Å². The summed E-state index contributed by atoms with van der Waals surface area (Å²) in [5, 5.41) is 3.78. The van der Waals surface area contributed by atoms with Gasteiger partial charge in [0.05, 0.1) is 13.2 Å². The number of likely N-dealkylation sites (N-methyl/N-ethyl adjacent to an activating group) is 1. The van der Waals surface area contributed by atoms with Crippen LogP contribution >= 0.6 is 37.0 Å². The summed E-state index contributed by atoms with van der Waals surface area (Å²) in [5.74, 6) is 0. The fraction of sp³-hybridized carbons (Fsp3) is 0.889. The first kappa shape index (κ1) is 20.8. The molecule has 0 amide bonds. The number of thiocarbonyl (C=S) groups is 1. The predicted octanol–water partition coefficient (Wildman–Crippen LogP) is 1.91. The molecule has 0 aliphatic carbocycles. The Hall–Kier alpha value is 0.390. The van der Waals surface area contributed by atoms with E-state index in [9.17, 15) is 0 Å². The number of hydrogen-bond acceptors (Lipinski definition) is 4. The molecule has 0 spiro atoms. The van der Waals surface area contributed by atoms with Gasteiger partial charge in [-0.15, -0.1) is 24.8 Å². The maximum atomic E-state index is 5.36. The van der Waals surface area contributed by atoms with E-state index in [1.807, 2.05) is 6.92 Å². The highest BCUT2D eigenvalue weighted by molar-refractivity contribution is 7.80. The second-order valence-electron chi connectivity index (χ2n) is 2.85. The van der Waals surface area contributed by atoms with Crippen molar-refractivity contribution in [2.45, 2.75) is 26.2 Å². The largest absolute Gasteiger partial charge is 0.486 e. The summed E-state index contributed by atoms with van der Waals surface area (Å²) < 4.78 is 5.32. The summed E-state index contributed by atoms with van der Waals surface area (Å²) in [6.07, 6.45) is 3.24. The number of hydrogen-bond donors (Lipinski definition) is 2. The molecule has 0 unspecified atom stereocenters. The molecule has 0 aromatic heterocycles. The van der Waals surface area contributed by atoms with Gasteiger partial charge < -0.3 is 15.8 Å². The van der Waals surface area contributed by atoms with Crippen molar-refractivity contribution in [1.82, 2.24) is 5.32 Å². The molecule has 3 N–H and O–H groups in total. The highest BCUT2D eigenvalue weighted by Crippen LogP contribution is 1.94. The molecule has 0 aromatic carbocycles. The smallest absolute Gasteiger partial charge is 0.173 e. The van der Waals surface area contributed by atoms with Crippen LogP contribution in [0, 0.1) is 0 Å². The number of ether oxygens (including phenoxy) is 1. The van der Waals surface area contributed by atoms with Crippen LogP contribution in [0.3, 0.4) is 0 Å². The lowest BCUT2D eigenvalue weighted by Crippen LogP contribution is -2.23. The maximum Gasteiger partial charge on any atom is 0.173 e. The quantitative estimate of drug-likeness (QED) is 0.525. The third kappa shape index (κ3) is 17.0. The molecular formula is C9H22Cl2N2OS. The summed E-state index contributed by atoms with van der Waals surface area (Å²) in [4.78, 5) is 0. The second kappa shape index (κ2) is 16.8. The first-order chi connectivity index (χ1) is 6.31. The number of rotatable bonds is 8. The van der Waals surface area contributed by atoms with Crippen LogP contribution in [0.2, 0.25) is 0 Å². The van der Waals surface area contributed by atoms with Crippen LogP contribution in [0.1, 0.15) is 26.2 Å². The molecule has 0 radical (unpaired) electrons. The Morgan fingerprint density at radius 3 is 2.47 bits per heavy atom. The normalized spacial score (nSPS) is 8.67. The van der Waals surface area contributed by atoms with Gasteiger partial charge in [-0.3, -0.25) is 0 Å². The number of nitrogens with two attached hydrogens (primary N) is 1. The highest BCUT2D eigenvalue weighted by atomic mass is 35.5. The van der Waals surface area contributed by atoms with Crippen molar-refractivity contribution in [3.8, 4) is 0 Å². The Labute approximate surface area is 110 Å². The Morgan fingerprint density at radius 1 is 1.27 bits per heavy atom. The molecule has 0 heterocycles. The lowest BCUT2D eigenvalue weighted by atomic mass is 10.2. The van der Waals surface area contributed by atoms with Gasteiger partial charge in [-0.1, -0.05) is 6.92 Å². The summed E-state index contributed by atoms with van der Waals surface area (Å²) in [6, 6.07) is 0. The minimum atomic E-state index is 0. The average Bonchev–Trinajstić information content (AvgIpc) is 2.14. The molecule has 0 saturated carbocycles. The average molecular weight is 277 g/mol. The SMILES string of the molecule is CCNCC(=S)OCCCCCN.Cl.Cl. The van der Waals surface area contributed by atoms with Crippen LogP contribution in [0.5, 0.6) is 0 Å². The Kier molecular flexibility index (Phi) is 23.3. The van der Waals surface area contributed by atoms with E-state index in [1.54, 1.807) is 0 Å². The van der Waals surface area contributed by atoms with Gasteiger partial charge in [-0.2, -0.15) is 0 Å². The minimum absolute atomic E-state index is 0. The van der Waals surface area contributed by atoms with E-state index in [0.717, 1.165) is 39.0 Å². The molecule has 0 rings (SSSR count). The van der Waals surface area contributed by atoms with Crippen LogP contribution in [0.4, 0.5) is 0 Å². The molecule has 0 atom stereocenters. The topological polar surface area (TPSA) is 47.3 Å². The number of unbranched alkanes of at least 4 members (excludes halogenated alkanes) is 2. The van der Waals surface area contributed by atoms with Crippen LogP contribution in [0.15, 0.2) is 0 Å². The zero-order chi connectivity index (χ0) is 9.94. The summed E-state index contributed by atoms with van der Waals surface area (Å²) >= 11 is 4.99. The van der Waals surface area contributed by atoms with E-state index in [1.165, 1.54) is 0 Å². The van der Waals surface area contributed by atoms with E-state index in [4.69, 9.17) is 22.7 Å². The molecule has 0 saturated heterocycles. The molecule has 0 aliphatic rings. The van der Waals surface area contributed by atoms with Crippen LogP contribution in [-0.4, -0.2) is 31.3 Å². The van der Waals surface area contributed by atoms with Gasteiger partial charge in [0.2, 0.25) is 0 Å². The molecule has 0 fully saturated rings. The highest BCUT2D eigenvalue weighted by Gasteiger charge is 1.95. The van der Waals surface area contributed by atoms with E-state index in [0.29, 0.717) is 11.6 Å². The van der Waals surface area contributed by atoms with Crippen molar-refractivity contribution < 1.29 is 4.74 Å². The Balaban J connectivity index is -0.000000720. The van der Waals surface area contributed by atoms with Gasteiger partial charge in [0.25, 0.3) is 0 Å². The zero-order valence-corrected chi connectivity index (χ0v) is 11.6. The first-order valence-electron chi connectivity index (χ1n) is 4.87. The lowest BCUT2D eigenvalue weighted by molar-refractivity contribution is 0.294. The lowest BCUT2D eigenvalue weighted by Gasteiger charge is -2.06. The molecule has 3 nitrogen and oxygen atoms in total.